The smallest absolute Gasteiger partial charge is 0.167 e. The molecule has 406 valence electrons. The molecule has 0 N–H and O–H groups in total. The van der Waals surface area contributed by atoms with E-state index < -0.39 is 11.6 Å². The summed E-state index contributed by atoms with van der Waals surface area (Å²) >= 11 is 0. The van der Waals surface area contributed by atoms with E-state index >= 15 is 8.78 Å². The lowest BCUT2D eigenvalue weighted by molar-refractivity contribution is 0.386. The minimum Gasteiger partial charge on any atom is -0.497 e. The molecule has 0 spiro atoms. The molecule has 11 aromatic rings. The molecule has 0 aliphatic rings. The Balaban J connectivity index is 1.07. The number of hydrogen-bond acceptors (Lipinski definition) is 10. The number of benzene rings is 10. The predicted octanol–water partition coefficient (Wildman–Crippen LogP) is 18.0. The third-order valence-electron chi connectivity index (χ3n) is 14.5. The van der Waals surface area contributed by atoms with Crippen LogP contribution < -0.4 is 48.0 Å². The van der Waals surface area contributed by atoms with Gasteiger partial charge in [0.25, 0.3) is 0 Å². The summed E-state index contributed by atoms with van der Waals surface area (Å²) in [6, 6.07) is 71.0. The van der Waals surface area contributed by atoms with Crippen LogP contribution in [0.2, 0.25) is 0 Å². The third-order valence-corrected chi connectivity index (χ3v) is 14.5. The fourth-order valence-electron chi connectivity index (χ4n) is 10.5. The van der Waals surface area contributed by atoms with Crippen molar-refractivity contribution in [2.24, 2.45) is 0 Å². The molecule has 1 aromatic heterocycles. The van der Waals surface area contributed by atoms with Gasteiger partial charge in [-0.25, -0.2) is 8.78 Å². The lowest BCUT2D eigenvalue weighted by Crippen LogP contribution is -2.13. The van der Waals surface area contributed by atoms with E-state index in [2.05, 4.69) is 106 Å². The fraction of sp³-hybridized carbons (Fsp3) is 0.118. The Hall–Kier alpha value is -10.1. The summed E-state index contributed by atoms with van der Waals surface area (Å²) in [5.74, 6) is 2.25. The number of ether oxygens (including phenoxy) is 6. The van der Waals surface area contributed by atoms with E-state index in [0.29, 0.717) is 22.9 Å². The van der Waals surface area contributed by atoms with Crippen LogP contribution in [0.1, 0.15) is 6.92 Å². The van der Waals surface area contributed by atoms with Crippen molar-refractivity contribution in [3.8, 4) is 34.5 Å². The maximum atomic E-state index is 15.5. The quantitative estimate of drug-likeness (QED) is 0.0782. The van der Waals surface area contributed by atoms with Crippen molar-refractivity contribution >= 4 is 90.1 Å². The monoisotopic (exact) mass is 1080 g/mol. The molecule has 0 radical (unpaired) electrons. The highest BCUT2D eigenvalue weighted by molar-refractivity contribution is 6.11. The second kappa shape index (κ2) is 23.1. The molecular weight excluding hydrogens is 1020 g/mol. The molecule has 10 aromatic carbocycles. The molecule has 0 saturated carbocycles. The Kier molecular flexibility index (Phi) is 15.1. The maximum Gasteiger partial charge on any atom is 0.167 e. The molecule has 0 unspecified atom stereocenters. The van der Waals surface area contributed by atoms with Crippen molar-refractivity contribution in [1.29, 1.82) is 0 Å². The first kappa shape index (κ1) is 52.9. The number of rotatable bonds is 19. The average molecular weight is 1080 g/mol. The summed E-state index contributed by atoms with van der Waals surface area (Å²) in [5.41, 5.74) is 12.1. The molecule has 0 saturated heterocycles. The topological polar surface area (TPSA) is 73.3 Å². The van der Waals surface area contributed by atoms with Crippen molar-refractivity contribution in [2.45, 2.75) is 13.5 Å². The van der Waals surface area contributed by atoms with Gasteiger partial charge in [-0.3, -0.25) is 0 Å². The van der Waals surface area contributed by atoms with Gasteiger partial charge < -0.3 is 52.6 Å². The van der Waals surface area contributed by atoms with Crippen molar-refractivity contribution < 1.29 is 37.2 Å². The van der Waals surface area contributed by atoms with Crippen LogP contribution in [0.15, 0.2) is 218 Å². The van der Waals surface area contributed by atoms with Crippen LogP contribution in [-0.2, 0) is 6.54 Å². The Bertz CT molecular complexity index is 3770. The van der Waals surface area contributed by atoms with Gasteiger partial charge in [0.1, 0.15) is 23.0 Å². The van der Waals surface area contributed by atoms with E-state index in [9.17, 15) is 0 Å². The van der Waals surface area contributed by atoms with E-state index in [4.69, 9.17) is 28.4 Å². The Morgan fingerprint density at radius 2 is 0.506 bits per heavy atom. The maximum absolute atomic E-state index is 15.5. The number of aryl methyl sites for hydroxylation is 1. The van der Waals surface area contributed by atoms with Crippen molar-refractivity contribution in [3.05, 3.63) is 230 Å². The number of methoxy groups -OCH3 is 6. The SMILES string of the molecule is CCn1c2ccc(N(c3ccc(OC)cc3)c3ccc(OC)cc3)cc2c2cc(N(c3ccc(N(c4ccc(OC)cc4)c4ccc(OC)c(F)c4)cc3)c3ccc(N(c4ccc(OC)cc4)c4ccc(OC)c(F)c4)cc3)ccc21. The van der Waals surface area contributed by atoms with Crippen LogP contribution >= 0.6 is 0 Å². The molecule has 0 fully saturated rings. The average Bonchev–Trinajstić information content (AvgIpc) is 4.12. The molecule has 0 aliphatic heterocycles. The van der Waals surface area contributed by atoms with Gasteiger partial charge in [0.2, 0.25) is 0 Å². The molecule has 13 heteroatoms. The lowest BCUT2D eigenvalue weighted by atomic mass is 10.1. The standard InChI is InChI=1S/C68H59F2N5O6/c1-8-71-65-37-25-53(41-61(65)62-42-54(26-38-66(62)71)73(49-17-29-57(76-2)30-18-49)50-19-31-58(77-3)32-20-50)72(45-9-13-47(14-10-45)74(51-21-33-59(78-4)34-22-51)55-27-39-67(80-6)63(69)43-55)46-11-15-48(16-12-46)75(52-23-35-60(79-5)36-24-52)56-28-40-68(81-7)64(70)44-56/h9-44H,8H2,1-7H3. The molecule has 11 nitrogen and oxygen atoms in total. The van der Waals surface area contributed by atoms with Crippen LogP contribution in [0, 0.1) is 11.6 Å². The zero-order chi connectivity index (χ0) is 56.1. The number of halogens is 2. The molecule has 11 rings (SSSR count). The first-order chi connectivity index (χ1) is 39.6. The van der Waals surface area contributed by atoms with Gasteiger partial charge in [-0.2, -0.15) is 0 Å². The van der Waals surface area contributed by atoms with Crippen molar-refractivity contribution in [1.82, 2.24) is 4.57 Å². The van der Waals surface area contributed by atoms with E-state index in [1.807, 2.05) is 119 Å². The van der Waals surface area contributed by atoms with Crippen molar-refractivity contribution in [2.75, 3.05) is 62.3 Å². The summed E-state index contributed by atoms with van der Waals surface area (Å²) in [4.78, 5) is 8.44. The number of aromatic nitrogens is 1. The highest BCUT2D eigenvalue weighted by Crippen LogP contribution is 2.46. The van der Waals surface area contributed by atoms with E-state index in [1.165, 1.54) is 26.4 Å². The Morgan fingerprint density at radius 1 is 0.284 bits per heavy atom. The van der Waals surface area contributed by atoms with Gasteiger partial charge in [-0.15, -0.1) is 0 Å². The van der Waals surface area contributed by atoms with E-state index in [1.54, 1.807) is 40.6 Å². The minimum absolute atomic E-state index is 0.149. The highest BCUT2D eigenvalue weighted by atomic mass is 19.1. The van der Waals surface area contributed by atoms with Crippen LogP contribution in [0.3, 0.4) is 0 Å². The predicted molar refractivity (Wildman–Crippen MR) is 323 cm³/mol. The van der Waals surface area contributed by atoms with Gasteiger partial charge in [0.05, 0.1) is 42.7 Å². The number of anilines is 12. The zero-order valence-corrected chi connectivity index (χ0v) is 45.9. The summed E-state index contributed by atoms with van der Waals surface area (Å²) in [6.45, 7) is 2.92. The molecule has 81 heavy (non-hydrogen) atoms. The van der Waals surface area contributed by atoms with Gasteiger partial charge in [0, 0.05) is 109 Å². The van der Waals surface area contributed by atoms with Gasteiger partial charge in [0.15, 0.2) is 23.1 Å². The highest BCUT2D eigenvalue weighted by Gasteiger charge is 2.23. The fourth-order valence-corrected chi connectivity index (χ4v) is 10.5. The minimum atomic E-state index is -0.483. The second-order valence-electron chi connectivity index (χ2n) is 19.0. The normalized spacial score (nSPS) is 11.1. The Labute approximate surface area is 470 Å². The molecule has 1 heterocycles. The summed E-state index contributed by atoms with van der Waals surface area (Å²) < 4.78 is 66.2. The van der Waals surface area contributed by atoms with Gasteiger partial charge in [-0.1, -0.05) is 0 Å². The van der Waals surface area contributed by atoms with Gasteiger partial charge >= 0.3 is 0 Å². The zero-order valence-electron chi connectivity index (χ0n) is 45.9. The summed E-state index contributed by atoms with van der Waals surface area (Å²) in [6.07, 6.45) is 0. The number of fused-ring (bicyclic) bond motifs is 3. The Morgan fingerprint density at radius 3 is 0.728 bits per heavy atom. The molecule has 0 bridgehead atoms. The van der Waals surface area contributed by atoms with Crippen molar-refractivity contribution in [3.63, 3.8) is 0 Å². The molecular formula is C68H59F2N5O6. The van der Waals surface area contributed by atoms with Crippen LogP contribution in [0.4, 0.5) is 77.0 Å². The van der Waals surface area contributed by atoms with Crippen LogP contribution in [-0.4, -0.2) is 47.2 Å². The van der Waals surface area contributed by atoms with E-state index in [-0.39, 0.29) is 11.5 Å². The first-order valence-electron chi connectivity index (χ1n) is 26.3. The third kappa shape index (κ3) is 10.4. The van der Waals surface area contributed by atoms with Crippen LogP contribution in [0.25, 0.3) is 21.8 Å². The summed E-state index contributed by atoms with van der Waals surface area (Å²) in [5, 5.41) is 2.14. The lowest BCUT2D eigenvalue weighted by Gasteiger charge is -2.30. The molecule has 0 atom stereocenters. The first-order valence-corrected chi connectivity index (χ1v) is 26.3. The van der Waals surface area contributed by atoms with Gasteiger partial charge in [-0.05, 0) is 213 Å². The molecule has 0 aliphatic carbocycles. The number of hydrogen-bond donors (Lipinski definition) is 0. The van der Waals surface area contributed by atoms with Crippen LogP contribution in [0.5, 0.6) is 34.5 Å². The number of nitrogens with zero attached hydrogens (tertiary/aromatic N) is 5. The molecule has 0 amide bonds. The second-order valence-corrected chi connectivity index (χ2v) is 19.0. The largest absolute Gasteiger partial charge is 0.497 e. The van der Waals surface area contributed by atoms with E-state index in [0.717, 1.165) is 96.7 Å². The summed E-state index contributed by atoms with van der Waals surface area (Å²) in [7, 11) is 9.50.